The van der Waals surface area contributed by atoms with Gasteiger partial charge in [0, 0.05) is 19.7 Å². The van der Waals surface area contributed by atoms with Crippen LogP contribution in [-0.2, 0) is 9.53 Å². The second-order valence-corrected chi connectivity index (χ2v) is 3.48. The van der Waals surface area contributed by atoms with Crippen LogP contribution in [0.5, 0.6) is 0 Å². The molecule has 1 amide bonds. The van der Waals surface area contributed by atoms with Gasteiger partial charge >= 0.3 is 0 Å². The minimum atomic E-state index is 0.127. The lowest BCUT2D eigenvalue weighted by atomic mass is 10.1. The fourth-order valence-electron chi connectivity index (χ4n) is 1.73. The summed E-state index contributed by atoms with van der Waals surface area (Å²) in [5.74, 6) is 0.127. The van der Waals surface area contributed by atoms with Gasteiger partial charge in [-0.15, -0.1) is 0 Å². The number of ether oxygens (including phenoxy) is 1. The first-order valence-electron chi connectivity index (χ1n) is 5.31. The number of carbonyl (C=O) groups excluding carboxylic acids is 1. The molecule has 0 atom stereocenters. The first-order valence-corrected chi connectivity index (χ1v) is 5.31. The molecule has 3 nitrogen and oxygen atoms in total. The number of likely N-dealkylation sites (tertiary alicyclic amines) is 1. The van der Waals surface area contributed by atoms with Gasteiger partial charge in [0.1, 0.15) is 0 Å². The third-order valence-electron chi connectivity index (χ3n) is 2.47. The minimum absolute atomic E-state index is 0.127. The highest BCUT2D eigenvalue weighted by Crippen LogP contribution is 2.13. The molecular weight excluding hydrogens is 178 g/mol. The van der Waals surface area contributed by atoms with Crippen LogP contribution in [0.4, 0.5) is 0 Å². The van der Waals surface area contributed by atoms with Crippen LogP contribution >= 0.6 is 0 Å². The standard InChI is InChI=1S/C11H19NO2/c1-3-5-11(13)12-8-6-10(7-9-12)14-4-2/h3,5,10H,4,6-9H2,1-2H3. The Bertz CT molecular complexity index is 205. The Morgan fingerprint density at radius 3 is 2.64 bits per heavy atom. The summed E-state index contributed by atoms with van der Waals surface area (Å²) in [6, 6.07) is 0. The lowest BCUT2D eigenvalue weighted by Gasteiger charge is -2.31. The smallest absolute Gasteiger partial charge is 0.246 e. The summed E-state index contributed by atoms with van der Waals surface area (Å²) in [6.45, 7) is 6.30. The predicted octanol–water partition coefficient (Wildman–Crippen LogP) is 1.59. The highest BCUT2D eigenvalue weighted by molar-refractivity contribution is 5.87. The van der Waals surface area contributed by atoms with Gasteiger partial charge in [-0.25, -0.2) is 0 Å². The summed E-state index contributed by atoms with van der Waals surface area (Å²) in [4.78, 5) is 13.3. The number of hydrogen-bond donors (Lipinski definition) is 0. The number of hydrogen-bond acceptors (Lipinski definition) is 2. The highest BCUT2D eigenvalue weighted by atomic mass is 16.5. The maximum absolute atomic E-state index is 11.5. The van der Waals surface area contributed by atoms with Crippen LogP contribution in [0.25, 0.3) is 0 Å². The molecule has 80 valence electrons. The molecule has 1 fully saturated rings. The van der Waals surface area contributed by atoms with Crippen LogP contribution in [-0.4, -0.2) is 36.6 Å². The maximum Gasteiger partial charge on any atom is 0.246 e. The van der Waals surface area contributed by atoms with Crippen molar-refractivity contribution in [1.29, 1.82) is 0 Å². The van der Waals surface area contributed by atoms with Crippen molar-refractivity contribution < 1.29 is 9.53 Å². The van der Waals surface area contributed by atoms with Gasteiger partial charge in [0.15, 0.2) is 0 Å². The summed E-state index contributed by atoms with van der Waals surface area (Å²) >= 11 is 0. The van der Waals surface area contributed by atoms with E-state index >= 15 is 0 Å². The molecule has 0 saturated carbocycles. The van der Waals surface area contributed by atoms with Crippen molar-refractivity contribution in [2.24, 2.45) is 0 Å². The second-order valence-electron chi connectivity index (χ2n) is 3.48. The summed E-state index contributed by atoms with van der Waals surface area (Å²) in [6.07, 6.45) is 5.71. The van der Waals surface area contributed by atoms with E-state index in [0.29, 0.717) is 6.10 Å². The summed E-state index contributed by atoms with van der Waals surface area (Å²) in [7, 11) is 0. The number of amides is 1. The van der Waals surface area contributed by atoms with E-state index in [1.807, 2.05) is 18.7 Å². The van der Waals surface area contributed by atoms with Gasteiger partial charge in [-0.05, 0) is 32.8 Å². The molecule has 3 heteroatoms. The van der Waals surface area contributed by atoms with E-state index in [-0.39, 0.29) is 5.91 Å². The van der Waals surface area contributed by atoms with Crippen molar-refractivity contribution in [1.82, 2.24) is 4.90 Å². The molecule has 0 aliphatic carbocycles. The van der Waals surface area contributed by atoms with E-state index in [2.05, 4.69) is 0 Å². The van der Waals surface area contributed by atoms with Crippen molar-refractivity contribution in [3.63, 3.8) is 0 Å². The van der Waals surface area contributed by atoms with Crippen molar-refractivity contribution in [2.45, 2.75) is 32.8 Å². The Hall–Kier alpha value is -0.830. The van der Waals surface area contributed by atoms with E-state index < -0.39 is 0 Å². The van der Waals surface area contributed by atoms with Gasteiger partial charge in [0.25, 0.3) is 0 Å². The topological polar surface area (TPSA) is 29.5 Å². The number of piperidine rings is 1. The Balaban J connectivity index is 2.31. The lowest BCUT2D eigenvalue weighted by Crippen LogP contribution is -2.40. The van der Waals surface area contributed by atoms with Crippen LogP contribution in [0.2, 0.25) is 0 Å². The zero-order chi connectivity index (χ0) is 10.4. The largest absolute Gasteiger partial charge is 0.378 e. The van der Waals surface area contributed by atoms with Gasteiger partial charge in [-0.1, -0.05) is 6.08 Å². The molecule has 0 N–H and O–H groups in total. The van der Waals surface area contributed by atoms with Gasteiger partial charge < -0.3 is 9.64 Å². The van der Waals surface area contributed by atoms with Gasteiger partial charge in [-0.2, -0.15) is 0 Å². The number of rotatable bonds is 3. The molecule has 0 radical (unpaired) electrons. The zero-order valence-electron chi connectivity index (χ0n) is 9.03. The quantitative estimate of drug-likeness (QED) is 0.643. The van der Waals surface area contributed by atoms with Crippen LogP contribution in [0, 0.1) is 0 Å². The Morgan fingerprint density at radius 1 is 1.50 bits per heavy atom. The molecule has 1 saturated heterocycles. The number of allylic oxidation sites excluding steroid dienone is 1. The number of nitrogens with zero attached hydrogens (tertiary/aromatic N) is 1. The second kappa shape index (κ2) is 5.81. The van der Waals surface area contributed by atoms with Crippen LogP contribution in [0.15, 0.2) is 12.2 Å². The van der Waals surface area contributed by atoms with Crippen molar-refractivity contribution >= 4 is 5.91 Å². The normalized spacial score (nSPS) is 19.1. The molecule has 1 rings (SSSR count). The summed E-state index contributed by atoms with van der Waals surface area (Å²) in [5.41, 5.74) is 0. The molecule has 0 aromatic carbocycles. The molecule has 0 aromatic heterocycles. The molecule has 1 aliphatic rings. The predicted molar refractivity (Wildman–Crippen MR) is 56.0 cm³/mol. The third kappa shape index (κ3) is 3.14. The van der Waals surface area contributed by atoms with Crippen LogP contribution in [0.3, 0.4) is 0 Å². The zero-order valence-corrected chi connectivity index (χ0v) is 9.03. The lowest BCUT2D eigenvalue weighted by molar-refractivity contribution is -0.128. The molecule has 1 aliphatic heterocycles. The molecule has 0 aromatic rings. The Morgan fingerprint density at radius 2 is 2.14 bits per heavy atom. The van der Waals surface area contributed by atoms with Crippen LogP contribution < -0.4 is 0 Å². The van der Waals surface area contributed by atoms with E-state index in [1.165, 1.54) is 0 Å². The maximum atomic E-state index is 11.5. The fraction of sp³-hybridized carbons (Fsp3) is 0.727. The Kier molecular flexibility index (Phi) is 4.66. The van der Waals surface area contributed by atoms with E-state index in [0.717, 1.165) is 32.5 Å². The van der Waals surface area contributed by atoms with E-state index in [4.69, 9.17) is 4.74 Å². The van der Waals surface area contributed by atoms with Crippen molar-refractivity contribution in [2.75, 3.05) is 19.7 Å². The first-order chi connectivity index (χ1) is 6.77. The Labute approximate surface area is 85.7 Å². The SMILES string of the molecule is CC=CC(=O)N1CCC(OCC)CC1. The monoisotopic (exact) mass is 197 g/mol. The summed E-state index contributed by atoms with van der Waals surface area (Å²) < 4.78 is 5.51. The van der Waals surface area contributed by atoms with Crippen molar-refractivity contribution in [3.8, 4) is 0 Å². The third-order valence-corrected chi connectivity index (χ3v) is 2.47. The minimum Gasteiger partial charge on any atom is -0.378 e. The number of carbonyl (C=O) groups is 1. The molecule has 0 unspecified atom stereocenters. The van der Waals surface area contributed by atoms with E-state index in [1.54, 1.807) is 12.2 Å². The average molecular weight is 197 g/mol. The van der Waals surface area contributed by atoms with Gasteiger partial charge in [-0.3, -0.25) is 4.79 Å². The fourth-order valence-corrected chi connectivity index (χ4v) is 1.73. The highest BCUT2D eigenvalue weighted by Gasteiger charge is 2.21. The van der Waals surface area contributed by atoms with Gasteiger partial charge in [0.05, 0.1) is 6.10 Å². The van der Waals surface area contributed by atoms with E-state index in [9.17, 15) is 4.79 Å². The molecule has 14 heavy (non-hydrogen) atoms. The molecule has 1 heterocycles. The molecular formula is C11H19NO2. The molecule has 0 bridgehead atoms. The van der Waals surface area contributed by atoms with Crippen LogP contribution in [0.1, 0.15) is 26.7 Å². The van der Waals surface area contributed by atoms with Gasteiger partial charge in [0.2, 0.25) is 5.91 Å². The molecule has 0 spiro atoms. The first kappa shape index (κ1) is 11.2. The van der Waals surface area contributed by atoms with Crippen molar-refractivity contribution in [3.05, 3.63) is 12.2 Å². The summed E-state index contributed by atoms with van der Waals surface area (Å²) in [5, 5.41) is 0. The average Bonchev–Trinajstić information content (AvgIpc) is 2.20.